The normalized spacial score (nSPS) is 14.2. The van der Waals surface area contributed by atoms with Crippen molar-refractivity contribution < 1.29 is 0 Å². The number of nitrogens with zero attached hydrogens (tertiary/aromatic N) is 1. The van der Waals surface area contributed by atoms with Crippen LogP contribution in [0.15, 0.2) is 26.8 Å². The number of rotatable bonds is 2. The Hall–Kier alpha value is -0.190. The lowest BCUT2D eigenvalue weighted by atomic mass is 10.1. The lowest BCUT2D eigenvalue weighted by Crippen LogP contribution is -2.15. The first-order valence-electron chi connectivity index (χ1n) is 4.25. The van der Waals surface area contributed by atoms with Crippen LogP contribution in [0.2, 0.25) is 0 Å². The first kappa shape index (κ1) is 11.9. The molecule has 2 nitrogen and oxygen atoms in total. The Morgan fingerprint density at radius 2 is 2.21 bits per heavy atom. The van der Waals surface area contributed by atoms with Crippen molar-refractivity contribution in [3.63, 3.8) is 0 Å². The first-order chi connectivity index (χ1) is 6.50. The average molecular weight is 320 g/mol. The average Bonchev–Trinajstić information content (AvgIpc) is 2.09. The smallest absolute Gasteiger partial charge is 0.0772 e. The Morgan fingerprint density at radius 1 is 1.57 bits per heavy atom. The van der Waals surface area contributed by atoms with Crippen molar-refractivity contribution in [3.8, 4) is 0 Å². The molecule has 0 radical (unpaired) electrons. The summed E-state index contributed by atoms with van der Waals surface area (Å²) < 4.78 is 1.92. The molecule has 1 atom stereocenters. The molecule has 1 aromatic rings. The second-order valence-corrected chi connectivity index (χ2v) is 4.97. The minimum Gasteiger partial charge on any atom is -0.324 e. The maximum atomic E-state index is 5.74. The zero-order valence-corrected chi connectivity index (χ0v) is 11.3. The van der Waals surface area contributed by atoms with Gasteiger partial charge in [-0.05, 0) is 57.8 Å². The van der Waals surface area contributed by atoms with Gasteiger partial charge < -0.3 is 5.73 Å². The summed E-state index contributed by atoms with van der Waals surface area (Å²) in [5.74, 6) is 0. The fourth-order valence-corrected chi connectivity index (χ4v) is 1.98. The molecule has 0 saturated heterocycles. The van der Waals surface area contributed by atoms with Crippen molar-refractivity contribution in [2.24, 2.45) is 5.73 Å². The van der Waals surface area contributed by atoms with Gasteiger partial charge in [0.25, 0.3) is 0 Å². The van der Waals surface area contributed by atoms with E-state index in [2.05, 4.69) is 36.8 Å². The second-order valence-electron chi connectivity index (χ2n) is 3.20. The zero-order valence-electron chi connectivity index (χ0n) is 8.09. The second kappa shape index (κ2) is 5.05. The number of hydrogen-bond acceptors (Lipinski definition) is 2. The van der Waals surface area contributed by atoms with Gasteiger partial charge in [0, 0.05) is 21.2 Å². The molecular weight excluding hydrogens is 308 g/mol. The summed E-state index contributed by atoms with van der Waals surface area (Å²) in [5.41, 5.74) is 7.76. The highest BCUT2D eigenvalue weighted by Gasteiger charge is 2.02. The van der Waals surface area contributed by atoms with Gasteiger partial charge in [-0.25, -0.2) is 0 Å². The molecule has 0 bridgehead atoms. The zero-order chi connectivity index (χ0) is 10.7. The summed E-state index contributed by atoms with van der Waals surface area (Å²) in [7, 11) is 0. The molecule has 2 N–H and O–H groups in total. The van der Waals surface area contributed by atoms with Gasteiger partial charge in [-0.1, -0.05) is 5.57 Å². The van der Waals surface area contributed by atoms with E-state index >= 15 is 0 Å². The first-order valence-corrected chi connectivity index (χ1v) is 5.84. The molecule has 0 aliphatic heterocycles. The maximum absolute atomic E-state index is 5.74. The van der Waals surface area contributed by atoms with E-state index in [1.54, 1.807) is 6.20 Å². The topological polar surface area (TPSA) is 38.9 Å². The van der Waals surface area contributed by atoms with Crippen LogP contribution < -0.4 is 5.73 Å². The van der Waals surface area contributed by atoms with Crippen molar-refractivity contribution in [2.45, 2.75) is 19.9 Å². The van der Waals surface area contributed by atoms with Gasteiger partial charge in [0.15, 0.2) is 0 Å². The summed E-state index contributed by atoms with van der Waals surface area (Å²) >= 11 is 6.80. The minimum absolute atomic E-state index is 0.0624. The third-order valence-electron chi connectivity index (χ3n) is 1.92. The standard InChI is InChI=1S/C10H12Br2N2/c1-6(7(2)13)3-10-9(12)4-8(11)5-14-10/h3-5,7H,13H2,1-2H3/b6-3+. The van der Waals surface area contributed by atoms with Gasteiger partial charge in [-0.2, -0.15) is 0 Å². The lowest BCUT2D eigenvalue weighted by molar-refractivity contribution is 0.867. The monoisotopic (exact) mass is 318 g/mol. The predicted molar refractivity (Wildman–Crippen MR) is 66.9 cm³/mol. The van der Waals surface area contributed by atoms with Crippen LogP contribution in [-0.4, -0.2) is 11.0 Å². The van der Waals surface area contributed by atoms with Crippen molar-refractivity contribution in [1.29, 1.82) is 0 Å². The van der Waals surface area contributed by atoms with E-state index in [1.165, 1.54) is 0 Å². The van der Waals surface area contributed by atoms with Crippen LogP contribution in [0.1, 0.15) is 19.5 Å². The Labute approximate surface area is 101 Å². The molecule has 0 saturated carbocycles. The van der Waals surface area contributed by atoms with E-state index < -0.39 is 0 Å². The van der Waals surface area contributed by atoms with Gasteiger partial charge in [0.2, 0.25) is 0 Å². The van der Waals surface area contributed by atoms with E-state index in [-0.39, 0.29) is 6.04 Å². The molecule has 4 heteroatoms. The third-order valence-corrected chi connectivity index (χ3v) is 2.99. The Bertz CT molecular complexity index is 359. The van der Waals surface area contributed by atoms with Crippen LogP contribution in [0.3, 0.4) is 0 Å². The summed E-state index contributed by atoms with van der Waals surface area (Å²) in [6, 6.07) is 2.03. The number of halogens is 2. The molecule has 0 aromatic carbocycles. The van der Waals surface area contributed by atoms with Crippen LogP contribution >= 0.6 is 31.9 Å². The van der Waals surface area contributed by atoms with E-state index in [0.29, 0.717) is 0 Å². The molecule has 1 unspecified atom stereocenters. The number of hydrogen-bond donors (Lipinski definition) is 1. The molecule has 0 aliphatic rings. The molecule has 0 amide bonds. The maximum Gasteiger partial charge on any atom is 0.0772 e. The number of aromatic nitrogens is 1. The molecule has 1 heterocycles. The molecule has 1 rings (SSSR count). The van der Waals surface area contributed by atoms with Gasteiger partial charge in [0.1, 0.15) is 0 Å². The van der Waals surface area contributed by atoms with E-state index in [9.17, 15) is 0 Å². The highest BCUT2D eigenvalue weighted by Crippen LogP contribution is 2.21. The molecule has 0 aliphatic carbocycles. The van der Waals surface area contributed by atoms with Crippen molar-refractivity contribution in [2.75, 3.05) is 0 Å². The van der Waals surface area contributed by atoms with Crippen LogP contribution in [0.5, 0.6) is 0 Å². The summed E-state index contributed by atoms with van der Waals surface area (Å²) in [4.78, 5) is 4.27. The molecule has 14 heavy (non-hydrogen) atoms. The van der Waals surface area contributed by atoms with Crippen LogP contribution in [0, 0.1) is 0 Å². The van der Waals surface area contributed by atoms with Gasteiger partial charge in [-0.15, -0.1) is 0 Å². The largest absolute Gasteiger partial charge is 0.324 e. The lowest BCUT2D eigenvalue weighted by Gasteiger charge is -2.05. The van der Waals surface area contributed by atoms with Crippen molar-refractivity contribution in [3.05, 3.63) is 32.5 Å². The quantitative estimate of drug-likeness (QED) is 0.907. The fraction of sp³-hybridized carbons (Fsp3) is 0.300. The van der Waals surface area contributed by atoms with Gasteiger partial charge >= 0.3 is 0 Å². The summed E-state index contributed by atoms with van der Waals surface area (Å²) in [6.45, 7) is 3.96. The fourth-order valence-electron chi connectivity index (χ4n) is 0.878. The Kier molecular flexibility index (Phi) is 4.29. The molecule has 0 spiro atoms. The van der Waals surface area contributed by atoms with E-state index in [0.717, 1.165) is 20.2 Å². The molecular formula is C10H12Br2N2. The van der Waals surface area contributed by atoms with Gasteiger partial charge in [-0.3, -0.25) is 4.98 Å². The highest BCUT2D eigenvalue weighted by molar-refractivity contribution is 9.11. The molecule has 0 fully saturated rings. The predicted octanol–water partition coefficient (Wildman–Crippen LogP) is 3.36. The minimum atomic E-state index is 0.0624. The van der Waals surface area contributed by atoms with Crippen molar-refractivity contribution >= 4 is 37.9 Å². The summed E-state index contributed by atoms with van der Waals surface area (Å²) in [5, 5.41) is 0. The number of pyridine rings is 1. The van der Waals surface area contributed by atoms with E-state index in [1.807, 2.05) is 26.0 Å². The van der Waals surface area contributed by atoms with Crippen LogP contribution in [0.4, 0.5) is 0 Å². The SMILES string of the molecule is C/C(=C\c1ncc(Br)cc1Br)C(C)N. The molecule has 1 aromatic heterocycles. The Morgan fingerprint density at radius 3 is 2.71 bits per heavy atom. The summed E-state index contributed by atoms with van der Waals surface area (Å²) in [6.07, 6.45) is 3.76. The number of nitrogens with two attached hydrogens (primary N) is 1. The van der Waals surface area contributed by atoms with Gasteiger partial charge in [0.05, 0.1) is 5.69 Å². The van der Waals surface area contributed by atoms with E-state index in [4.69, 9.17) is 5.73 Å². The Balaban J connectivity index is 3.03. The highest BCUT2D eigenvalue weighted by atomic mass is 79.9. The van der Waals surface area contributed by atoms with Crippen molar-refractivity contribution in [1.82, 2.24) is 4.98 Å². The van der Waals surface area contributed by atoms with Crippen LogP contribution in [-0.2, 0) is 0 Å². The van der Waals surface area contributed by atoms with Crippen LogP contribution in [0.25, 0.3) is 6.08 Å². The molecule has 76 valence electrons. The third kappa shape index (κ3) is 3.19.